The Kier molecular flexibility index (Phi) is 2.85. The molecule has 70 valence electrons. The first-order chi connectivity index (χ1) is 6.38. The number of hydrogen-bond donors (Lipinski definition) is 1. The van der Waals surface area contributed by atoms with Gasteiger partial charge in [-0.05, 0) is 0 Å². The summed E-state index contributed by atoms with van der Waals surface area (Å²) in [4.78, 5) is 9.53. The monoisotopic (exact) mass is 213 g/mol. The van der Waals surface area contributed by atoms with Gasteiger partial charge in [0.2, 0.25) is 0 Å². The van der Waals surface area contributed by atoms with Crippen LogP contribution in [0.1, 0.15) is 0 Å². The van der Waals surface area contributed by atoms with Crippen LogP contribution < -0.4 is 4.90 Å². The second-order valence-electron chi connectivity index (χ2n) is 2.84. The van der Waals surface area contributed by atoms with Crippen molar-refractivity contribution < 1.29 is 0 Å². The molecule has 0 saturated carbocycles. The van der Waals surface area contributed by atoms with E-state index in [1.54, 1.807) is 12.4 Å². The van der Waals surface area contributed by atoms with Crippen LogP contribution >= 0.6 is 24.0 Å². The highest BCUT2D eigenvalue weighted by molar-refractivity contribution is 7.99. The summed E-state index contributed by atoms with van der Waals surface area (Å²) in [6, 6.07) is 0. The number of rotatable bonds is 1. The molecule has 0 radical (unpaired) electrons. The Morgan fingerprint density at radius 3 is 2.92 bits per heavy atom. The van der Waals surface area contributed by atoms with E-state index in [0.29, 0.717) is 0 Å². The lowest BCUT2D eigenvalue weighted by Crippen LogP contribution is -2.33. The molecule has 0 unspecified atom stereocenters. The second kappa shape index (κ2) is 4.11. The summed E-state index contributed by atoms with van der Waals surface area (Å²) in [7, 11) is 0. The Morgan fingerprint density at radius 2 is 2.23 bits per heavy atom. The summed E-state index contributed by atoms with van der Waals surface area (Å²) in [5, 5.41) is 0. The van der Waals surface area contributed by atoms with Crippen molar-refractivity contribution in [2.24, 2.45) is 0 Å². The molecule has 1 N–H and O–H groups in total. The second-order valence-corrected chi connectivity index (χ2v) is 4.47. The number of aromatic amines is 1. The molecule has 3 nitrogen and oxygen atoms in total. The van der Waals surface area contributed by atoms with Crippen molar-refractivity contribution in [1.29, 1.82) is 0 Å². The van der Waals surface area contributed by atoms with E-state index in [0.717, 1.165) is 23.5 Å². The predicted molar refractivity (Wildman–Crippen MR) is 59.0 cm³/mol. The van der Waals surface area contributed by atoms with Crippen molar-refractivity contribution in [1.82, 2.24) is 9.97 Å². The summed E-state index contributed by atoms with van der Waals surface area (Å²) < 4.78 is 0.745. The maximum atomic E-state index is 5.17. The molecule has 1 aliphatic rings. The first-order valence-corrected chi connectivity index (χ1v) is 5.80. The zero-order valence-electron chi connectivity index (χ0n) is 7.19. The summed E-state index contributed by atoms with van der Waals surface area (Å²) in [5.74, 6) is 3.27. The lowest BCUT2D eigenvalue weighted by Gasteiger charge is -2.26. The van der Waals surface area contributed by atoms with Crippen molar-refractivity contribution in [2.45, 2.75) is 0 Å². The molecule has 0 aliphatic carbocycles. The van der Waals surface area contributed by atoms with Crippen LogP contribution in [0, 0.1) is 4.64 Å². The molecule has 2 heterocycles. The molecule has 0 amide bonds. The van der Waals surface area contributed by atoms with Gasteiger partial charge < -0.3 is 9.88 Å². The number of H-pyrrole nitrogens is 1. The normalized spacial score (nSPS) is 17.4. The Labute approximate surface area is 86.6 Å². The molecule has 0 aromatic carbocycles. The maximum absolute atomic E-state index is 5.17. The van der Waals surface area contributed by atoms with Crippen molar-refractivity contribution in [3.63, 3.8) is 0 Å². The molecule has 1 aliphatic heterocycles. The van der Waals surface area contributed by atoms with E-state index in [9.17, 15) is 0 Å². The first kappa shape index (κ1) is 9.02. The molecule has 0 bridgehead atoms. The van der Waals surface area contributed by atoms with Gasteiger partial charge in [-0.1, -0.05) is 12.2 Å². The molecule has 1 aromatic rings. The number of anilines is 1. The molecule has 0 atom stereocenters. The van der Waals surface area contributed by atoms with Crippen molar-refractivity contribution >= 4 is 29.8 Å². The van der Waals surface area contributed by atoms with E-state index in [1.165, 1.54) is 11.5 Å². The van der Waals surface area contributed by atoms with Crippen LogP contribution in [0.5, 0.6) is 0 Å². The average molecular weight is 213 g/mol. The molecule has 1 saturated heterocycles. The summed E-state index contributed by atoms with van der Waals surface area (Å²) >= 11 is 7.15. The first-order valence-electron chi connectivity index (χ1n) is 4.24. The van der Waals surface area contributed by atoms with Crippen LogP contribution in [-0.4, -0.2) is 34.6 Å². The third kappa shape index (κ3) is 2.03. The van der Waals surface area contributed by atoms with Crippen LogP contribution in [0.4, 0.5) is 5.82 Å². The predicted octanol–water partition coefficient (Wildman–Crippen LogP) is 1.69. The Balaban J connectivity index is 2.24. The van der Waals surface area contributed by atoms with Gasteiger partial charge in [-0.15, -0.1) is 0 Å². The van der Waals surface area contributed by atoms with Gasteiger partial charge in [-0.2, -0.15) is 11.8 Å². The summed E-state index contributed by atoms with van der Waals surface area (Å²) in [6.45, 7) is 2.11. The number of nitrogens with one attached hydrogen (secondary N) is 1. The molecule has 1 aromatic heterocycles. The molecule has 2 rings (SSSR count). The maximum Gasteiger partial charge on any atom is 0.163 e. The minimum absolute atomic E-state index is 0.745. The zero-order valence-corrected chi connectivity index (χ0v) is 8.83. The smallest absolute Gasteiger partial charge is 0.163 e. The van der Waals surface area contributed by atoms with Crippen LogP contribution in [0.25, 0.3) is 0 Å². The lowest BCUT2D eigenvalue weighted by molar-refractivity contribution is 0.831. The average Bonchev–Trinajstić information content (AvgIpc) is 2.20. The van der Waals surface area contributed by atoms with Crippen LogP contribution in [0.15, 0.2) is 12.4 Å². The Hall–Kier alpha value is -0.550. The fourth-order valence-corrected chi connectivity index (χ4v) is 2.50. The van der Waals surface area contributed by atoms with Crippen LogP contribution in [0.2, 0.25) is 0 Å². The minimum atomic E-state index is 0.745. The fraction of sp³-hybridized carbons (Fsp3) is 0.500. The highest BCUT2D eigenvalue weighted by Crippen LogP contribution is 2.16. The molecular weight excluding hydrogens is 202 g/mol. The van der Waals surface area contributed by atoms with Gasteiger partial charge >= 0.3 is 0 Å². The summed E-state index contributed by atoms with van der Waals surface area (Å²) in [5.41, 5.74) is 0. The fourth-order valence-electron chi connectivity index (χ4n) is 1.34. The number of hydrogen-bond acceptors (Lipinski definition) is 4. The highest BCUT2D eigenvalue weighted by Gasteiger charge is 2.12. The highest BCUT2D eigenvalue weighted by atomic mass is 32.2. The van der Waals surface area contributed by atoms with Gasteiger partial charge in [0.25, 0.3) is 0 Å². The van der Waals surface area contributed by atoms with E-state index < -0.39 is 0 Å². The van der Waals surface area contributed by atoms with E-state index in [-0.39, 0.29) is 0 Å². The van der Waals surface area contributed by atoms with E-state index in [1.807, 2.05) is 11.8 Å². The van der Waals surface area contributed by atoms with Crippen LogP contribution in [-0.2, 0) is 0 Å². The molecular formula is C8H11N3S2. The Bertz CT molecular complexity index is 330. The van der Waals surface area contributed by atoms with E-state index in [4.69, 9.17) is 12.2 Å². The van der Waals surface area contributed by atoms with Gasteiger partial charge in [0.05, 0.1) is 0 Å². The number of aromatic nitrogens is 2. The molecule has 5 heteroatoms. The standard InChI is InChI=1S/C8H11N3S2/c12-8-7(9-1-2-10-8)11-3-5-13-6-4-11/h1-2H,3-6H2,(H,10,12). The SMILES string of the molecule is S=c1[nH]ccnc1N1CCSCC1. The van der Waals surface area contributed by atoms with Crippen molar-refractivity contribution in [2.75, 3.05) is 29.5 Å². The topological polar surface area (TPSA) is 31.9 Å². The van der Waals surface area contributed by atoms with Crippen molar-refractivity contribution in [3.05, 3.63) is 17.0 Å². The van der Waals surface area contributed by atoms with Crippen LogP contribution in [0.3, 0.4) is 0 Å². The van der Waals surface area contributed by atoms with Crippen molar-refractivity contribution in [3.8, 4) is 0 Å². The third-order valence-electron chi connectivity index (χ3n) is 2.00. The number of thioether (sulfide) groups is 1. The van der Waals surface area contributed by atoms with Gasteiger partial charge in [0.1, 0.15) is 4.64 Å². The minimum Gasteiger partial charge on any atom is -0.353 e. The van der Waals surface area contributed by atoms with Gasteiger partial charge in [-0.3, -0.25) is 0 Å². The molecule has 13 heavy (non-hydrogen) atoms. The lowest BCUT2D eigenvalue weighted by atomic mass is 10.5. The third-order valence-corrected chi connectivity index (χ3v) is 3.24. The van der Waals surface area contributed by atoms with Gasteiger partial charge in [0.15, 0.2) is 5.82 Å². The summed E-state index contributed by atoms with van der Waals surface area (Å²) in [6.07, 6.45) is 3.53. The quantitative estimate of drug-likeness (QED) is 0.720. The largest absolute Gasteiger partial charge is 0.353 e. The number of nitrogens with zero attached hydrogens (tertiary/aromatic N) is 2. The van der Waals surface area contributed by atoms with Gasteiger partial charge in [-0.25, -0.2) is 4.98 Å². The molecule has 1 fully saturated rings. The molecule has 0 spiro atoms. The zero-order chi connectivity index (χ0) is 9.10. The van der Waals surface area contributed by atoms with E-state index >= 15 is 0 Å². The van der Waals surface area contributed by atoms with E-state index in [2.05, 4.69) is 14.9 Å². The Morgan fingerprint density at radius 1 is 1.46 bits per heavy atom. The van der Waals surface area contributed by atoms with Gasteiger partial charge in [0, 0.05) is 37.0 Å².